The van der Waals surface area contributed by atoms with Crippen molar-refractivity contribution in [1.82, 2.24) is 5.06 Å². The lowest BCUT2D eigenvalue weighted by Crippen LogP contribution is -2.28. The van der Waals surface area contributed by atoms with Gasteiger partial charge in [0.25, 0.3) is 0 Å². The Balaban J connectivity index is 1.95. The van der Waals surface area contributed by atoms with Crippen molar-refractivity contribution >= 4 is 5.91 Å². The summed E-state index contributed by atoms with van der Waals surface area (Å²) in [6.45, 7) is 2.37. The first kappa shape index (κ1) is 13.3. The number of carbonyl (C=O) groups excluding carboxylic acids is 1. The van der Waals surface area contributed by atoms with Crippen molar-refractivity contribution in [2.75, 3.05) is 0 Å². The molecule has 0 fully saturated rings. The summed E-state index contributed by atoms with van der Waals surface area (Å²) in [5, 5.41) is 1.39. The second-order valence-corrected chi connectivity index (χ2v) is 4.30. The van der Waals surface area contributed by atoms with Crippen LogP contribution in [-0.2, 0) is 22.8 Å². The van der Waals surface area contributed by atoms with Gasteiger partial charge in [0, 0.05) is 6.92 Å². The first-order valence-corrected chi connectivity index (χ1v) is 6.24. The van der Waals surface area contributed by atoms with Crippen LogP contribution in [0.3, 0.4) is 0 Å². The second-order valence-electron chi connectivity index (χ2n) is 4.30. The average Bonchev–Trinajstić information content (AvgIpc) is 2.45. The largest absolute Gasteiger partial charge is 0.273 e. The van der Waals surface area contributed by atoms with Crippen molar-refractivity contribution < 1.29 is 9.63 Å². The summed E-state index contributed by atoms with van der Waals surface area (Å²) in [5.74, 6) is -0.0974. The van der Waals surface area contributed by atoms with Crippen LogP contribution in [0, 0.1) is 0 Å². The van der Waals surface area contributed by atoms with Crippen LogP contribution in [0.15, 0.2) is 60.7 Å². The predicted molar refractivity (Wildman–Crippen MR) is 73.9 cm³/mol. The third-order valence-electron chi connectivity index (χ3n) is 2.75. The highest BCUT2D eigenvalue weighted by molar-refractivity contribution is 5.72. The van der Waals surface area contributed by atoms with Gasteiger partial charge in [0.15, 0.2) is 0 Å². The third kappa shape index (κ3) is 4.23. The van der Waals surface area contributed by atoms with Gasteiger partial charge < -0.3 is 0 Å². The van der Waals surface area contributed by atoms with Crippen LogP contribution in [0.1, 0.15) is 18.1 Å². The lowest BCUT2D eigenvalue weighted by Gasteiger charge is -2.20. The molecule has 0 spiro atoms. The highest BCUT2D eigenvalue weighted by Gasteiger charge is 2.10. The zero-order valence-electron chi connectivity index (χ0n) is 11.0. The SMILES string of the molecule is CC(=O)N(Cc1ccccc1)OCc1ccccc1. The molecule has 0 saturated carbocycles. The van der Waals surface area contributed by atoms with Crippen LogP contribution >= 0.6 is 0 Å². The van der Waals surface area contributed by atoms with E-state index >= 15 is 0 Å². The zero-order valence-corrected chi connectivity index (χ0v) is 11.0. The molecule has 0 aromatic heterocycles. The fourth-order valence-electron chi connectivity index (χ4n) is 1.72. The molecule has 0 aliphatic heterocycles. The molecule has 0 aliphatic rings. The minimum Gasteiger partial charge on any atom is -0.273 e. The molecule has 0 aliphatic carbocycles. The molecular formula is C16H17NO2. The number of rotatable bonds is 5. The van der Waals surface area contributed by atoms with E-state index in [1.165, 1.54) is 12.0 Å². The molecule has 19 heavy (non-hydrogen) atoms. The minimum absolute atomic E-state index is 0.0974. The van der Waals surface area contributed by atoms with Gasteiger partial charge in [0.1, 0.15) is 6.61 Å². The lowest BCUT2D eigenvalue weighted by atomic mass is 10.2. The average molecular weight is 255 g/mol. The quantitative estimate of drug-likeness (QED) is 0.768. The van der Waals surface area contributed by atoms with Gasteiger partial charge in [-0.3, -0.25) is 9.63 Å². The summed E-state index contributed by atoms with van der Waals surface area (Å²) in [7, 11) is 0. The number of benzene rings is 2. The van der Waals surface area contributed by atoms with E-state index in [0.29, 0.717) is 13.2 Å². The van der Waals surface area contributed by atoms with Gasteiger partial charge in [0.05, 0.1) is 6.54 Å². The van der Waals surface area contributed by atoms with E-state index in [-0.39, 0.29) is 5.91 Å². The number of amides is 1. The van der Waals surface area contributed by atoms with Crippen molar-refractivity contribution in [2.45, 2.75) is 20.1 Å². The standard InChI is InChI=1S/C16H17NO2/c1-14(18)17(12-15-8-4-2-5-9-15)19-13-16-10-6-3-7-11-16/h2-11H,12-13H2,1H3. The van der Waals surface area contributed by atoms with Crippen LogP contribution < -0.4 is 0 Å². The van der Waals surface area contributed by atoms with Crippen LogP contribution in [0.5, 0.6) is 0 Å². The number of hydroxylamine groups is 2. The Morgan fingerprint density at radius 3 is 2.00 bits per heavy atom. The van der Waals surface area contributed by atoms with Crippen molar-refractivity contribution in [1.29, 1.82) is 0 Å². The molecule has 0 bridgehead atoms. The van der Waals surface area contributed by atoms with Gasteiger partial charge in [-0.05, 0) is 11.1 Å². The molecule has 0 radical (unpaired) electrons. The fraction of sp³-hybridized carbons (Fsp3) is 0.188. The first-order valence-electron chi connectivity index (χ1n) is 6.24. The van der Waals surface area contributed by atoms with E-state index in [4.69, 9.17) is 4.84 Å². The van der Waals surface area contributed by atoms with E-state index in [0.717, 1.165) is 11.1 Å². The molecule has 0 N–H and O–H groups in total. The summed E-state index contributed by atoms with van der Waals surface area (Å²) in [6, 6.07) is 19.6. The van der Waals surface area contributed by atoms with Crippen LogP contribution in [-0.4, -0.2) is 11.0 Å². The Hall–Kier alpha value is -2.13. The predicted octanol–water partition coefficient (Wildman–Crippen LogP) is 3.17. The maximum absolute atomic E-state index is 11.6. The maximum Gasteiger partial charge on any atom is 0.243 e. The normalized spacial score (nSPS) is 10.2. The Morgan fingerprint density at radius 2 is 1.47 bits per heavy atom. The van der Waals surface area contributed by atoms with Crippen molar-refractivity contribution in [2.24, 2.45) is 0 Å². The molecule has 2 aromatic rings. The van der Waals surface area contributed by atoms with Gasteiger partial charge >= 0.3 is 0 Å². The first-order chi connectivity index (χ1) is 9.25. The number of hydrogen-bond donors (Lipinski definition) is 0. The fourth-order valence-corrected chi connectivity index (χ4v) is 1.72. The summed E-state index contributed by atoms with van der Waals surface area (Å²) >= 11 is 0. The van der Waals surface area contributed by atoms with E-state index < -0.39 is 0 Å². The molecule has 0 atom stereocenters. The summed E-state index contributed by atoms with van der Waals surface area (Å²) in [4.78, 5) is 17.1. The van der Waals surface area contributed by atoms with Crippen molar-refractivity contribution in [3.63, 3.8) is 0 Å². The van der Waals surface area contributed by atoms with Crippen molar-refractivity contribution in [3.8, 4) is 0 Å². The number of carbonyl (C=O) groups is 1. The lowest BCUT2D eigenvalue weighted by molar-refractivity contribution is -0.193. The molecule has 0 unspecified atom stereocenters. The third-order valence-corrected chi connectivity index (χ3v) is 2.75. The van der Waals surface area contributed by atoms with E-state index in [2.05, 4.69) is 0 Å². The molecule has 0 saturated heterocycles. The van der Waals surface area contributed by atoms with Crippen LogP contribution in [0.2, 0.25) is 0 Å². The minimum atomic E-state index is -0.0974. The summed E-state index contributed by atoms with van der Waals surface area (Å²) in [5.41, 5.74) is 2.09. The monoisotopic (exact) mass is 255 g/mol. The molecule has 0 heterocycles. The van der Waals surface area contributed by atoms with E-state index in [1.807, 2.05) is 60.7 Å². The van der Waals surface area contributed by atoms with Crippen molar-refractivity contribution in [3.05, 3.63) is 71.8 Å². The van der Waals surface area contributed by atoms with Gasteiger partial charge in [-0.2, -0.15) is 0 Å². The van der Waals surface area contributed by atoms with Crippen LogP contribution in [0.25, 0.3) is 0 Å². The molecular weight excluding hydrogens is 238 g/mol. The summed E-state index contributed by atoms with van der Waals surface area (Å²) < 4.78 is 0. The van der Waals surface area contributed by atoms with Gasteiger partial charge in [-0.1, -0.05) is 60.7 Å². The zero-order chi connectivity index (χ0) is 13.5. The molecule has 2 aromatic carbocycles. The molecule has 3 heteroatoms. The van der Waals surface area contributed by atoms with Gasteiger partial charge in [-0.25, -0.2) is 5.06 Å². The maximum atomic E-state index is 11.6. The Morgan fingerprint density at radius 1 is 0.947 bits per heavy atom. The van der Waals surface area contributed by atoms with Gasteiger partial charge in [0.2, 0.25) is 5.91 Å². The Bertz CT molecular complexity index is 511. The number of hydrogen-bond acceptors (Lipinski definition) is 2. The van der Waals surface area contributed by atoms with E-state index in [1.54, 1.807) is 0 Å². The molecule has 98 valence electrons. The smallest absolute Gasteiger partial charge is 0.243 e. The molecule has 3 nitrogen and oxygen atoms in total. The Labute approximate surface area is 113 Å². The molecule has 2 rings (SSSR count). The topological polar surface area (TPSA) is 29.5 Å². The molecule has 1 amide bonds. The van der Waals surface area contributed by atoms with Crippen LogP contribution in [0.4, 0.5) is 0 Å². The highest BCUT2D eigenvalue weighted by Crippen LogP contribution is 2.08. The summed E-state index contributed by atoms with van der Waals surface area (Å²) in [6.07, 6.45) is 0. The highest BCUT2D eigenvalue weighted by atomic mass is 16.7. The number of nitrogens with zero attached hydrogens (tertiary/aromatic N) is 1. The van der Waals surface area contributed by atoms with E-state index in [9.17, 15) is 4.79 Å². The van der Waals surface area contributed by atoms with Gasteiger partial charge in [-0.15, -0.1) is 0 Å². The second kappa shape index (κ2) is 6.71. The Kier molecular flexibility index (Phi) is 4.70.